The van der Waals surface area contributed by atoms with E-state index in [0.29, 0.717) is 13.6 Å². The second kappa shape index (κ2) is 36.5. The van der Waals surface area contributed by atoms with E-state index < -0.39 is 0 Å². The van der Waals surface area contributed by atoms with Gasteiger partial charge in [-0.3, -0.25) is 0 Å². The Bertz CT molecular complexity index is 271. The van der Waals surface area contributed by atoms with Gasteiger partial charge < -0.3 is 31.8 Å². The van der Waals surface area contributed by atoms with Crippen LogP contribution in [0.1, 0.15) is 106 Å². The van der Waals surface area contributed by atoms with Gasteiger partial charge in [-0.1, -0.05) is 65.2 Å². The van der Waals surface area contributed by atoms with E-state index in [9.17, 15) is 0 Å². The Morgan fingerprint density at radius 2 is 0.906 bits per heavy atom. The molecule has 0 aliphatic heterocycles. The van der Waals surface area contributed by atoms with Crippen molar-refractivity contribution in [3.05, 3.63) is 12.8 Å². The molecule has 0 aliphatic carbocycles. The van der Waals surface area contributed by atoms with Crippen LogP contribution in [0.3, 0.4) is 0 Å². The van der Waals surface area contributed by atoms with Crippen molar-refractivity contribution in [3.8, 4) is 0 Å². The van der Waals surface area contributed by atoms with E-state index in [-0.39, 0.29) is 35.9 Å². The van der Waals surface area contributed by atoms with Crippen LogP contribution in [0.25, 0.3) is 0 Å². The van der Waals surface area contributed by atoms with Crippen molar-refractivity contribution in [2.75, 3.05) is 40.0 Å². The number of unbranched alkanes of at least 4 members (excludes halogenated alkanes) is 2. The monoisotopic (exact) mass is 500 g/mol. The minimum atomic E-state index is 0. The van der Waals surface area contributed by atoms with Crippen LogP contribution in [0.4, 0.5) is 0 Å². The van der Waals surface area contributed by atoms with E-state index >= 15 is 0 Å². The van der Waals surface area contributed by atoms with E-state index in [0.717, 1.165) is 63.9 Å². The molecule has 0 aromatic carbocycles. The summed E-state index contributed by atoms with van der Waals surface area (Å²) in [5.41, 5.74) is 0. The van der Waals surface area contributed by atoms with Crippen LogP contribution >= 0.6 is 0 Å². The van der Waals surface area contributed by atoms with Crippen molar-refractivity contribution in [1.29, 1.82) is 0 Å². The zero-order valence-corrected chi connectivity index (χ0v) is 23.5. The standard InChI is InChI=1S/2C13H27O2.Cu.Li/c2*1-4-6-10-14-12-15-11-7-9-13(3)8-5-2;;/h2*5,13H,4,6-12H2,1-3H3;;/q2*-1;+2;. The molecule has 0 N–H and O–H groups in total. The van der Waals surface area contributed by atoms with Crippen molar-refractivity contribution < 1.29 is 36.0 Å². The molecule has 0 fully saturated rings. The molecular weight excluding hydrogens is 447 g/mol. The average molecular weight is 501 g/mol. The Morgan fingerprint density at radius 3 is 1.19 bits per heavy atom. The summed E-state index contributed by atoms with van der Waals surface area (Å²) in [5.74, 6) is 1.58. The zero-order chi connectivity index (χ0) is 22.7. The molecule has 0 bridgehead atoms. The topological polar surface area (TPSA) is 36.9 Å². The molecule has 0 heterocycles. The normalized spacial score (nSPS) is 12.2. The maximum atomic E-state index is 5.38. The minimum Gasteiger partial charge on any atom is -0.355 e. The van der Waals surface area contributed by atoms with E-state index in [1.54, 1.807) is 0 Å². The van der Waals surface area contributed by atoms with Gasteiger partial charge in [-0.05, 0) is 25.7 Å². The summed E-state index contributed by atoms with van der Waals surface area (Å²) in [5, 5.41) is 0. The van der Waals surface area contributed by atoms with Gasteiger partial charge in [0.05, 0.1) is 0 Å². The molecule has 0 aromatic rings. The Kier molecular flexibility index (Phi) is 45.8. The molecule has 2 unspecified atom stereocenters. The molecule has 2 radical (unpaired) electrons. The fourth-order valence-corrected chi connectivity index (χ4v) is 2.95. The molecule has 0 aromatic heterocycles. The van der Waals surface area contributed by atoms with Gasteiger partial charge in [-0.25, -0.2) is 0 Å². The van der Waals surface area contributed by atoms with Gasteiger partial charge in [0, 0.05) is 45.3 Å². The second-order valence-electron chi connectivity index (χ2n) is 8.36. The molecule has 0 rings (SSSR count). The number of hydrogen-bond donors (Lipinski definition) is 0. The van der Waals surface area contributed by atoms with Crippen LogP contribution in [0.2, 0.25) is 0 Å². The maximum absolute atomic E-state index is 5.38. The summed E-state index contributed by atoms with van der Waals surface area (Å²) in [7, 11) is 0. The zero-order valence-electron chi connectivity index (χ0n) is 22.6. The number of rotatable bonds is 22. The Morgan fingerprint density at radius 1 is 0.594 bits per heavy atom. The summed E-state index contributed by atoms with van der Waals surface area (Å²) >= 11 is 0. The van der Waals surface area contributed by atoms with Crippen molar-refractivity contribution >= 4 is 18.9 Å². The predicted molar refractivity (Wildman–Crippen MR) is 135 cm³/mol. The molecule has 4 nitrogen and oxygen atoms in total. The SMILES string of the molecule is C[CH-]CC(C)CCCOCOCCCC.C[CH-]CC(C)CCCOCOCCCC.[Cu+2].[Li]. The first-order chi connectivity index (χ1) is 14.6. The molecule has 0 spiro atoms. The summed E-state index contributed by atoms with van der Waals surface area (Å²) in [6, 6.07) is 0. The third-order valence-corrected chi connectivity index (χ3v) is 4.87. The van der Waals surface area contributed by atoms with Gasteiger partial charge >= 0.3 is 17.1 Å². The van der Waals surface area contributed by atoms with Crippen LogP contribution < -0.4 is 0 Å². The van der Waals surface area contributed by atoms with Crippen LogP contribution in [0, 0.1) is 24.7 Å². The molecule has 32 heavy (non-hydrogen) atoms. The fraction of sp³-hybridized carbons (Fsp3) is 0.923. The molecule has 6 heteroatoms. The molecule has 0 aliphatic rings. The van der Waals surface area contributed by atoms with Crippen molar-refractivity contribution in [1.82, 2.24) is 0 Å². The van der Waals surface area contributed by atoms with Crippen LogP contribution in [-0.2, 0) is 36.0 Å². The quantitative estimate of drug-likeness (QED) is 0.0679. The second-order valence-corrected chi connectivity index (χ2v) is 8.36. The van der Waals surface area contributed by atoms with Crippen molar-refractivity contribution in [3.63, 3.8) is 0 Å². The van der Waals surface area contributed by atoms with E-state index in [1.807, 2.05) is 0 Å². The number of hydrogen-bond acceptors (Lipinski definition) is 4. The molecule has 0 saturated carbocycles. The van der Waals surface area contributed by atoms with Gasteiger partial charge in [0.25, 0.3) is 0 Å². The van der Waals surface area contributed by atoms with E-state index in [2.05, 4.69) is 54.4 Å². The maximum Gasteiger partial charge on any atom is 2.00 e. The predicted octanol–water partition coefficient (Wildman–Crippen LogP) is 7.23. The smallest absolute Gasteiger partial charge is 0.355 e. The number of ether oxygens (including phenoxy) is 4. The van der Waals surface area contributed by atoms with Gasteiger partial charge in [0.15, 0.2) is 0 Å². The first kappa shape index (κ1) is 40.1. The average Bonchev–Trinajstić information content (AvgIpc) is 2.73. The van der Waals surface area contributed by atoms with Crippen LogP contribution in [-0.4, -0.2) is 58.9 Å². The van der Waals surface area contributed by atoms with Crippen molar-refractivity contribution in [2.45, 2.75) is 106 Å². The Labute approximate surface area is 224 Å². The Balaban J connectivity index is -0.000000231. The van der Waals surface area contributed by atoms with Gasteiger partial charge in [0.1, 0.15) is 13.6 Å². The third-order valence-electron chi connectivity index (χ3n) is 4.87. The first-order valence-corrected chi connectivity index (χ1v) is 12.5. The van der Waals surface area contributed by atoms with Crippen LogP contribution in [0.15, 0.2) is 0 Å². The van der Waals surface area contributed by atoms with E-state index in [4.69, 9.17) is 18.9 Å². The Hall–Kier alpha value is 0.957. The summed E-state index contributed by atoms with van der Waals surface area (Å²) in [6.07, 6.45) is 16.3. The molecule has 2 atom stereocenters. The van der Waals surface area contributed by atoms with Gasteiger partial charge in [-0.2, -0.15) is 26.7 Å². The summed E-state index contributed by atoms with van der Waals surface area (Å²) < 4.78 is 21.4. The third kappa shape index (κ3) is 38.2. The molecule has 0 amide bonds. The fourth-order valence-electron chi connectivity index (χ4n) is 2.95. The first-order valence-electron chi connectivity index (χ1n) is 12.5. The largest absolute Gasteiger partial charge is 2.00 e. The van der Waals surface area contributed by atoms with Gasteiger partial charge in [0.2, 0.25) is 0 Å². The van der Waals surface area contributed by atoms with Gasteiger partial charge in [-0.15, -0.1) is 0 Å². The van der Waals surface area contributed by atoms with Crippen molar-refractivity contribution in [2.24, 2.45) is 11.8 Å². The molecule has 194 valence electrons. The summed E-state index contributed by atoms with van der Waals surface area (Å²) in [6.45, 7) is 17.4. The van der Waals surface area contributed by atoms with E-state index in [1.165, 1.54) is 38.5 Å². The molecular formula is C26H54CuLiO4. The van der Waals surface area contributed by atoms with Crippen LogP contribution in [0.5, 0.6) is 0 Å². The minimum absolute atomic E-state index is 0. The summed E-state index contributed by atoms with van der Waals surface area (Å²) in [4.78, 5) is 0. The molecule has 0 saturated heterocycles.